The van der Waals surface area contributed by atoms with E-state index in [0.717, 1.165) is 24.0 Å². The Labute approximate surface area is 85.2 Å². The van der Waals surface area contributed by atoms with Crippen molar-refractivity contribution in [2.75, 3.05) is 0 Å². The van der Waals surface area contributed by atoms with Crippen molar-refractivity contribution in [2.45, 2.75) is 39.7 Å². The molecule has 0 saturated carbocycles. The fraction of sp³-hybridized carbons (Fsp3) is 0.500. The van der Waals surface area contributed by atoms with Gasteiger partial charge in [-0.3, -0.25) is 0 Å². The van der Waals surface area contributed by atoms with Gasteiger partial charge in [0.2, 0.25) is 0 Å². The third-order valence-corrected chi connectivity index (χ3v) is 2.40. The number of aliphatic hydroxyl groups excluding tert-OH is 1. The van der Waals surface area contributed by atoms with E-state index >= 15 is 0 Å². The number of phenolic OH excluding ortho intramolecular Hbond substituents is 1. The van der Waals surface area contributed by atoms with Crippen LogP contribution in [0.1, 0.15) is 30.0 Å². The van der Waals surface area contributed by atoms with Crippen molar-refractivity contribution < 1.29 is 10.2 Å². The van der Waals surface area contributed by atoms with Crippen molar-refractivity contribution >= 4 is 0 Å². The van der Waals surface area contributed by atoms with E-state index in [9.17, 15) is 5.11 Å². The van der Waals surface area contributed by atoms with Gasteiger partial charge in [-0.1, -0.05) is 12.1 Å². The monoisotopic (exact) mass is 194 g/mol. The van der Waals surface area contributed by atoms with Gasteiger partial charge in [0.25, 0.3) is 0 Å². The summed E-state index contributed by atoms with van der Waals surface area (Å²) in [4.78, 5) is 0. The molecule has 0 aliphatic heterocycles. The van der Waals surface area contributed by atoms with Crippen molar-refractivity contribution in [3.05, 3.63) is 28.8 Å². The maximum Gasteiger partial charge on any atom is 0.121 e. The molecule has 0 amide bonds. The number of aryl methyl sites for hydroxylation is 3. The Kier molecular flexibility index (Phi) is 3.53. The summed E-state index contributed by atoms with van der Waals surface area (Å²) in [6.45, 7) is 5.59. The fourth-order valence-corrected chi connectivity index (χ4v) is 1.57. The first-order chi connectivity index (χ1) is 6.50. The summed E-state index contributed by atoms with van der Waals surface area (Å²) < 4.78 is 0. The van der Waals surface area contributed by atoms with E-state index in [1.165, 1.54) is 5.56 Å². The Morgan fingerprint density at radius 1 is 1.21 bits per heavy atom. The summed E-state index contributed by atoms with van der Waals surface area (Å²) in [5, 5.41) is 18.7. The lowest BCUT2D eigenvalue weighted by Gasteiger charge is -2.08. The van der Waals surface area contributed by atoms with Crippen LogP contribution in [0.5, 0.6) is 5.75 Å². The molecule has 1 atom stereocenters. The molecule has 0 aliphatic rings. The molecule has 0 spiro atoms. The molecule has 78 valence electrons. The van der Waals surface area contributed by atoms with E-state index < -0.39 is 0 Å². The molecule has 1 rings (SSSR count). The molecule has 0 fully saturated rings. The first kappa shape index (κ1) is 11.1. The topological polar surface area (TPSA) is 40.5 Å². The summed E-state index contributed by atoms with van der Waals surface area (Å²) in [6, 6.07) is 3.95. The molecule has 0 heterocycles. The molecule has 2 nitrogen and oxygen atoms in total. The fourth-order valence-electron chi connectivity index (χ4n) is 1.57. The quantitative estimate of drug-likeness (QED) is 0.775. The van der Waals surface area contributed by atoms with Gasteiger partial charge in [-0.05, 0) is 50.3 Å². The van der Waals surface area contributed by atoms with Crippen LogP contribution in [0.4, 0.5) is 0 Å². The van der Waals surface area contributed by atoms with E-state index in [-0.39, 0.29) is 6.10 Å². The summed E-state index contributed by atoms with van der Waals surface area (Å²) in [7, 11) is 0. The molecule has 0 saturated heterocycles. The number of benzene rings is 1. The molecule has 1 aromatic rings. The highest BCUT2D eigenvalue weighted by molar-refractivity contribution is 5.42. The normalized spacial score (nSPS) is 12.9. The van der Waals surface area contributed by atoms with Crippen molar-refractivity contribution in [1.29, 1.82) is 0 Å². The minimum atomic E-state index is -0.260. The van der Waals surface area contributed by atoms with Gasteiger partial charge in [-0.2, -0.15) is 0 Å². The van der Waals surface area contributed by atoms with Crippen LogP contribution in [-0.4, -0.2) is 16.3 Å². The lowest BCUT2D eigenvalue weighted by molar-refractivity contribution is 0.185. The van der Waals surface area contributed by atoms with Gasteiger partial charge in [0.05, 0.1) is 6.10 Å². The van der Waals surface area contributed by atoms with Crippen LogP contribution in [0.25, 0.3) is 0 Å². The Morgan fingerprint density at radius 2 is 1.71 bits per heavy atom. The van der Waals surface area contributed by atoms with Gasteiger partial charge in [0.1, 0.15) is 5.75 Å². The maximum absolute atomic E-state index is 9.56. The molecule has 0 bridgehead atoms. The molecule has 1 aromatic carbocycles. The lowest BCUT2D eigenvalue weighted by Crippen LogP contribution is -2.01. The lowest BCUT2D eigenvalue weighted by atomic mass is 10.0. The molecule has 2 heteroatoms. The maximum atomic E-state index is 9.56. The van der Waals surface area contributed by atoms with Gasteiger partial charge >= 0.3 is 0 Å². The first-order valence-electron chi connectivity index (χ1n) is 4.98. The average Bonchev–Trinajstić information content (AvgIpc) is 2.10. The van der Waals surface area contributed by atoms with E-state index in [1.54, 1.807) is 6.92 Å². The van der Waals surface area contributed by atoms with Gasteiger partial charge in [-0.15, -0.1) is 0 Å². The predicted octanol–water partition coefficient (Wildman–Crippen LogP) is 2.32. The highest BCUT2D eigenvalue weighted by atomic mass is 16.3. The van der Waals surface area contributed by atoms with Crippen molar-refractivity contribution in [1.82, 2.24) is 0 Å². The van der Waals surface area contributed by atoms with Crippen LogP contribution < -0.4 is 0 Å². The molecule has 0 aliphatic carbocycles. The minimum Gasteiger partial charge on any atom is -0.507 e. The Bertz CT molecular complexity index is 293. The van der Waals surface area contributed by atoms with Crippen LogP contribution in [0.15, 0.2) is 12.1 Å². The van der Waals surface area contributed by atoms with E-state index in [0.29, 0.717) is 5.75 Å². The molecular formula is C12H18O2. The van der Waals surface area contributed by atoms with E-state index in [4.69, 9.17) is 5.11 Å². The Balaban J connectivity index is 2.79. The standard InChI is InChI=1S/C12H18O2/c1-8-6-11(5-4-10(3)13)7-9(2)12(8)14/h6-7,10,13-14H,4-5H2,1-3H3/t10-/m0/s1. The number of hydrogen-bond donors (Lipinski definition) is 2. The van der Waals surface area contributed by atoms with Gasteiger partial charge in [0, 0.05) is 0 Å². The zero-order valence-electron chi connectivity index (χ0n) is 9.04. The number of phenols is 1. The number of rotatable bonds is 3. The van der Waals surface area contributed by atoms with Crippen LogP contribution in [0.3, 0.4) is 0 Å². The average molecular weight is 194 g/mol. The zero-order chi connectivity index (χ0) is 10.7. The second-order valence-corrected chi connectivity index (χ2v) is 3.97. The second kappa shape index (κ2) is 4.47. The second-order valence-electron chi connectivity index (χ2n) is 3.97. The summed E-state index contributed by atoms with van der Waals surface area (Å²) >= 11 is 0. The number of aliphatic hydroxyl groups is 1. The first-order valence-corrected chi connectivity index (χ1v) is 4.98. The van der Waals surface area contributed by atoms with Crippen LogP contribution >= 0.6 is 0 Å². The summed E-state index contributed by atoms with van der Waals surface area (Å²) in [6.07, 6.45) is 1.37. The molecule has 2 N–H and O–H groups in total. The predicted molar refractivity (Wildman–Crippen MR) is 57.6 cm³/mol. The SMILES string of the molecule is Cc1cc(CC[C@H](C)O)cc(C)c1O. The number of aromatic hydroxyl groups is 1. The summed E-state index contributed by atoms with van der Waals surface area (Å²) in [5.41, 5.74) is 3.00. The van der Waals surface area contributed by atoms with E-state index in [2.05, 4.69) is 0 Å². The van der Waals surface area contributed by atoms with Crippen molar-refractivity contribution in [2.24, 2.45) is 0 Å². The largest absolute Gasteiger partial charge is 0.507 e. The minimum absolute atomic E-state index is 0.260. The number of hydrogen-bond acceptors (Lipinski definition) is 2. The highest BCUT2D eigenvalue weighted by Crippen LogP contribution is 2.23. The van der Waals surface area contributed by atoms with Crippen LogP contribution in [0, 0.1) is 13.8 Å². The van der Waals surface area contributed by atoms with Crippen LogP contribution in [-0.2, 0) is 6.42 Å². The van der Waals surface area contributed by atoms with Crippen LogP contribution in [0.2, 0.25) is 0 Å². The molecule has 14 heavy (non-hydrogen) atoms. The highest BCUT2D eigenvalue weighted by Gasteiger charge is 2.04. The van der Waals surface area contributed by atoms with E-state index in [1.807, 2.05) is 26.0 Å². The van der Waals surface area contributed by atoms with Gasteiger partial charge < -0.3 is 10.2 Å². The third-order valence-electron chi connectivity index (χ3n) is 2.40. The Morgan fingerprint density at radius 3 is 2.14 bits per heavy atom. The zero-order valence-corrected chi connectivity index (χ0v) is 9.04. The van der Waals surface area contributed by atoms with Crippen molar-refractivity contribution in [3.63, 3.8) is 0 Å². The molecule has 0 aromatic heterocycles. The third kappa shape index (κ3) is 2.74. The Hall–Kier alpha value is -1.02. The molecule has 0 unspecified atom stereocenters. The smallest absolute Gasteiger partial charge is 0.121 e. The van der Waals surface area contributed by atoms with Gasteiger partial charge in [0.15, 0.2) is 0 Å². The summed E-state index contributed by atoms with van der Waals surface area (Å²) in [5.74, 6) is 0.380. The van der Waals surface area contributed by atoms with Gasteiger partial charge in [-0.25, -0.2) is 0 Å². The molecular weight excluding hydrogens is 176 g/mol. The molecule has 0 radical (unpaired) electrons. The van der Waals surface area contributed by atoms with Crippen molar-refractivity contribution in [3.8, 4) is 5.75 Å².